The van der Waals surface area contributed by atoms with E-state index < -0.39 is 0 Å². The number of rotatable bonds is 8. The number of benzene rings is 2. The van der Waals surface area contributed by atoms with Crippen LogP contribution in [0.4, 0.5) is 5.69 Å². The van der Waals surface area contributed by atoms with Crippen molar-refractivity contribution >= 4 is 35.3 Å². The number of anilines is 1. The maximum absolute atomic E-state index is 11.9. The van der Waals surface area contributed by atoms with Crippen molar-refractivity contribution in [2.24, 2.45) is 5.10 Å². The van der Waals surface area contributed by atoms with Gasteiger partial charge in [-0.3, -0.25) is 9.59 Å². The second-order valence-corrected chi connectivity index (χ2v) is 6.27. The average molecular weight is 398 g/mol. The predicted molar refractivity (Wildman–Crippen MR) is 111 cm³/mol. The third-order valence-electron chi connectivity index (χ3n) is 3.64. The lowest BCUT2D eigenvalue weighted by atomic mass is 10.2. The predicted octanol–water partition coefficient (Wildman–Crippen LogP) is 3.53. The van der Waals surface area contributed by atoms with Gasteiger partial charge in [-0.15, -0.1) is 6.42 Å². The molecule has 28 heavy (non-hydrogen) atoms. The fourth-order valence-electron chi connectivity index (χ4n) is 2.13. The lowest BCUT2D eigenvalue weighted by molar-refractivity contribution is -0.124. The molecule has 0 aliphatic rings. The molecule has 2 aromatic carbocycles. The Morgan fingerprint density at radius 2 is 1.89 bits per heavy atom. The Morgan fingerprint density at radius 1 is 1.18 bits per heavy atom. The van der Waals surface area contributed by atoms with E-state index >= 15 is 0 Å². The molecular formula is C21H20ClN3O3. The summed E-state index contributed by atoms with van der Waals surface area (Å²) < 4.78 is 5.27. The zero-order chi connectivity index (χ0) is 20.4. The first kappa shape index (κ1) is 21.0. The number of carbonyl (C=O) groups is 2. The van der Waals surface area contributed by atoms with E-state index in [2.05, 4.69) is 21.8 Å². The summed E-state index contributed by atoms with van der Waals surface area (Å²) >= 11 is 6.02. The van der Waals surface area contributed by atoms with Crippen LogP contribution in [0.2, 0.25) is 5.02 Å². The van der Waals surface area contributed by atoms with E-state index in [-0.39, 0.29) is 31.3 Å². The van der Waals surface area contributed by atoms with E-state index in [1.807, 2.05) is 13.0 Å². The smallest absolute Gasteiger partial charge is 0.240 e. The molecular weight excluding hydrogens is 378 g/mol. The van der Waals surface area contributed by atoms with Gasteiger partial charge in [0.05, 0.1) is 6.21 Å². The number of carbonyl (C=O) groups excluding carboxylic acids is 2. The van der Waals surface area contributed by atoms with Gasteiger partial charge in [-0.2, -0.15) is 5.10 Å². The number of aryl methyl sites for hydroxylation is 1. The summed E-state index contributed by atoms with van der Waals surface area (Å²) in [6, 6.07) is 12.3. The molecule has 0 radical (unpaired) electrons. The van der Waals surface area contributed by atoms with Gasteiger partial charge in [-0.25, -0.2) is 5.43 Å². The second-order valence-electron chi connectivity index (χ2n) is 5.87. The van der Waals surface area contributed by atoms with Gasteiger partial charge in [0.1, 0.15) is 12.4 Å². The van der Waals surface area contributed by atoms with Crippen LogP contribution >= 0.6 is 11.6 Å². The first-order valence-corrected chi connectivity index (χ1v) is 8.90. The van der Waals surface area contributed by atoms with Gasteiger partial charge in [0.15, 0.2) is 0 Å². The molecule has 2 aromatic rings. The molecule has 0 aliphatic carbocycles. The Labute approximate surface area is 168 Å². The van der Waals surface area contributed by atoms with Crippen molar-refractivity contribution in [1.82, 2.24) is 5.43 Å². The first-order chi connectivity index (χ1) is 13.5. The van der Waals surface area contributed by atoms with Crippen molar-refractivity contribution in [2.45, 2.75) is 19.8 Å². The summed E-state index contributed by atoms with van der Waals surface area (Å²) in [6.07, 6.45) is 6.68. The van der Waals surface area contributed by atoms with Crippen LogP contribution in [-0.2, 0) is 9.59 Å². The molecule has 0 aromatic heterocycles. The van der Waals surface area contributed by atoms with E-state index in [4.69, 9.17) is 22.8 Å². The van der Waals surface area contributed by atoms with Gasteiger partial charge in [0.25, 0.3) is 0 Å². The quantitative estimate of drug-likeness (QED) is 0.406. The van der Waals surface area contributed by atoms with E-state index in [0.29, 0.717) is 16.5 Å². The summed E-state index contributed by atoms with van der Waals surface area (Å²) in [6.45, 7) is 2.08. The molecule has 2 amide bonds. The zero-order valence-corrected chi connectivity index (χ0v) is 16.1. The van der Waals surface area contributed by atoms with Crippen LogP contribution in [0.25, 0.3) is 0 Å². The molecule has 0 heterocycles. The van der Waals surface area contributed by atoms with Gasteiger partial charge in [0.2, 0.25) is 11.8 Å². The molecule has 7 heteroatoms. The van der Waals surface area contributed by atoms with E-state index in [0.717, 1.165) is 11.1 Å². The highest BCUT2D eigenvalue weighted by atomic mass is 35.5. The van der Waals surface area contributed by atoms with Crippen LogP contribution in [0.5, 0.6) is 5.75 Å². The highest BCUT2D eigenvalue weighted by molar-refractivity contribution is 6.31. The van der Waals surface area contributed by atoms with E-state index in [1.165, 1.54) is 6.21 Å². The molecule has 6 nitrogen and oxygen atoms in total. The summed E-state index contributed by atoms with van der Waals surface area (Å²) in [4.78, 5) is 23.7. The van der Waals surface area contributed by atoms with Crippen molar-refractivity contribution in [3.8, 4) is 18.1 Å². The second kappa shape index (κ2) is 10.8. The maximum Gasteiger partial charge on any atom is 0.240 e. The molecule has 0 fully saturated rings. The third kappa shape index (κ3) is 7.14. The number of hydrazone groups is 1. The maximum atomic E-state index is 11.9. The molecule has 0 spiro atoms. The van der Waals surface area contributed by atoms with E-state index in [9.17, 15) is 9.59 Å². The van der Waals surface area contributed by atoms with Crippen molar-refractivity contribution < 1.29 is 14.3 Å². The molecule has 2 N–H and O–H groups in total. The number of nitrogens with zero attached hydrogens (tertiary/aromatic N) is 1. The minimum Gasteiger partial charge on any atom is -0.481 e. The topological polar surface area (TPSA) is 79.8 Å². The van der Waals surface area contributed by atoms with Crippen LogP contribution in [0.1, 0.15) is 24.0 Å². The largest absolute Gasteiger partial charge is 0.481 e. The van der Waals surface area contributed by atoms with Crippen LogP contribution in [0, 0.1) is 19.3 Å². The third-order valence-corrected chi connectivity index (χ3v) is 4.05. The lowest BCUT2D eigenvalue weighted by Crippen LogP contribution is -2.20. The Kier molecular flexibility index (Phi) is 8.07. The van der Waals surface area contributed by atoms with Gasteiger partial charge in [-0.05, 0) is 54.4 Å². The summed E-state index contributed by atoms with van der Waals surface area (Å²) in [5, 5.41) is 7.14. The van der Waals surface area contributed by atoms with Crippen molar-refractivity contribution in [1.29, 1.82) is 0 Å². The molecule has 0 saturated carbocycles. The van der Waals surface area contributed by atoms with Crippen LogP contribution in [0.3, 0.4) is 0 Å². The van der Waals surface area contributed by atoms with E-state index in [1.54, 1.807) is 36.4 Å². The van der Waals surface area contributed by atoms with Crippen LogP contribution in [0.15, 0.2) is 47.6 Å². The first-order valence-electron chi connectivity index (χ1n) is 8.52. The molecule has 0 saturated heterocycles. The van der Waals surface area contributed by atoms with Crippen LogP contribution < -0.4 is 15.5 Å². The molecule has 2 rings (SSSR count). The number of ether oxygens (including phenoxy) is 1. The molecule has 0 unspecified atom stereocenters. The monoisotopic (exact) mass is 397 g/mol. The lowest BCUT2D eigenvalue weighted by Gasteiger charge is -2.06. The molecule has 0 aliphatic heterocycles. The van der Waals surface area contributed by atoms with Crippen molar-refractivity contribution in [3.05, 3.63) is 58.6 Å². The fourth-order valence-corrected chi connectivity index (χ4v) is 2.31. The number of hydrogen-bond acceptors (Lipinski definition) is 4. The SMILES string of the molecule is C#CCOc1ccc(C=NNC(=O)CCC(=O)Nc2ccc(C)c(Cl)c2)cc1. The number of nitrogens with one attached hydrogen (secondary N) is 2. The number of amides is 2. The summed E-state index contributed by atoms with van der Waals surface area (Å²) in [5.41, 5.74) is 4.68. The number of hydrogen-bond donors (Lipinski definition) is 2. The highest BCUT2D eigenvalue weighted by Gasteiger charge is 2.07. The average Bonchev–Trinajstić information content (AvgIpc) is 2.68. The Bertz CT molecular complexity index is 902. The van der Waals surface area contributed by atoms with Crippen molar-refractivity contribution in [3.63, 3.8) is 0 Å². The normalized spacial score (nSPS) is 10.3. The van der Waals surface area contributed by atoms with Crippen molar-refractivity contribution in [2.75, 3.05) is 11.9 Å². The highest BCUT2D eigenvalue weighted by Crippen LogP contribution is 2.20. The number of terminal acetylenes is 1. The Balaban J connectivity index is 1.73. The van der Waals surface area contributed by atoms with Gasteiger partial charge < -0.3 is 10.1 Å². The minimum absolute atomic E-state index is 0.0155. The van der Waals surface area contributed by atoms with Gasteiger partial charge >= 0.3 is 0 Å². The standard InChI is InChI=1S/C21H20ClN3O3/c1-3-12-28-18-8-5-16(6-9-18)14-23-25-21(27)11-10-20(26)24-17-7-4-15(2)19(22)13-17/h1,4-9,13-14H,10-12H2,2H3,(H,24,26)(H,25,27). The molecule has 144 valence electrons. The summed E-state index contributed by atoms with van der Waals surface area (Å²) in [7, 11) is 0. The summed E-state index contributed by atoms with van der Waals surface area (Å²) in [5.74, 6) is 2.40. The zero-order valence-electron chi connectivity index (χ0n) is 15.4. The fraction of sp³-hybridized carbons (Fsp3) is 0.190. The minimum atomic E-state index is -0.359. The molecule has 0 atom stereocenters. The molecule has 0 bridgehead atoms. The number of halogens is 1. The van der Waals surface area contributed by atoms with Gasteiger partial charge in [-0.1, -0.05) is 23.6 Å². The van der Waals surface area contributed by atoms with Gasteiger partial charge in [0, 0.05) is 23.6 Å². The Morgan fingerprint density at radius 3 is 2.57 bits per heavy atom. The Hall–Kier alpha value is -3.30. The van der Waals surface area contributed by atoms with Crippen LogP contribution in [-0.4, -0.2) is 24.6 Å².